The topological polar surface area (TPSA) is 77.8 Å². The number of aryl methyl sites for hydroxylation is 1. The van der Waals surface area contributed by atoms with Gasteiger partial charge in [-0.3, -0.25) is 0 Å². The van der Waals surface area contributed by atoms with Crippen molar-refractivity contribution < 1.29 is 4.52 Å². The molecule has 1 saturated carbocycles. The van der Waals surface area contributed by atoms with Gasteiger partial charge < -0.3 is 10.3 Å². The standard InChI is InChI=1S/C16H16N4O/c1-10-8-13(18-12-5-3-2-4-11(10)12)14-19-15(21-20-14)16(9-17)6-7-16/h2-5,8H,6-7,9,17H2,1H3. The van der Waals surface area contributed by atoms with E-state index in [2.05, 4.69) is 28.1 Å². The summed E-state index contributed by atoms with van der Waals surface area (Å²) >= 11 is 0. The summed E-state index contributed by atoms with van der Waals surface area (Å²) in [5, 5.41) is 5.23. The van der Waals surface area contributed by atoms with Gasteiger partial charge in [-0.15, -0.1) is 0 Å². The summed E-state index contributed by atoms with van der Waals surface area (Å²) in [6, 6.07) is 10.1. The van der Waals surface area contributed by atoms with Gasteiger partial charge in [-0.2, -0.15) is 4.98 Å². The van der Waals surface area contributed by atoms with E-state index in [0.29, 0.717) is 18.3 Å². The number of nitrogens with zero attached hydrogens (tertiary/aromatic N) is 3. The number of hydrogen-bond acceptors (Lipinski definition) is 5. The third-order valence-electron chi connectivity index (χ3n) is 4.28. The van der Waals surface area contributed by atoms with Crippen LogP contribution in [0.3, 0.4) is 0 Å². The molecule has 1 fully saturated rings. The second-order valence-electron chi connectivity index (χ2n) is 5.75. The molecule has 1 aliphatic rings. The number of fused-ring (bicyclic) bond motifs is 1. The fraction of sp³-hybridized carbons (Fsp3) is 0.312. The van der Waals surface area contributed by atoms with Crippen LogP contribution in [0.1, 0.15) is 24.3 Å². The minimum atomic E-state index is -0.0862. The molecule has 4 rings (SSSR count). The van der Waals surface area contributed by atoms with Gasteiger partial charge in [-0.1, -0.05) is 23.4 Å². The van der Waals surface area contributed by atoms with Crippen molar-refractivity contribution in [3.63, 3.8) is 0 Å². The summed E-state index contributed by atoms with van der Waals surface area (Å²) in [4.78, 5) is 9.14. The van der Waals surface area contributed by atoms with Crippen LogP contribution in [0.4, 0.5) is 0 Å². The molecule has 5 nitrogen and oxygen atoms in total. The van der Waals surface area contributed by atoms with Gasteiger partial charge in [0.2, 0.25) is 11.7 Å². The molecule has 0 bridgehead atoms. The third-order valence-corrected chi connectivity index (χ3v) is 4.28. The van der Waals surface area contributed by atoms with Gasteiger partial charge in [0, 0.05) is 11.9 Å². The molecule has 0 saturated heterocycles. The molecule has 2 heterocycles. The lowest BCUT2D eigenvalue weighted by Crippen LogP contribution is -2.19. The minimum absolute atomic E-state index is 0.0862. The van der Waals surface area contributed by atoms with Crippen molar-refractivity contribution in [2.45, 2.75) is 25.2 Å². The molecule has 0 radical (unpaired) electrons. The average molecular weight is 280 g/mol. The van der Waals surface area contributed by atoms with Gasteiger partial charge in [0.15, 0.2) is 0 Å². The maximum absolute atomic E-state index is 5.80. The number of benzene rings is 1. The molecule has 0 unspecified atom stereocenters. The zero-order valence-corrected chi connectivity index (χ0v) is 11.8. The molecule has 0 aliphatic heterocycles. The van der Waals surface area contributed by atoms with Crippen molar-refractivity contribution in [2.24, 2.45) is 5.73 Å². The van der Waals surface area contributed by atoms with Crippen LogP contribution in [0.15, 0.2) is 34.9 Å². The molecule has 1 aliphatic carbocycles. The Morgan fingerprint density at radius 2 is 2.05 bits per heavy atom. The van der Waals surface area contributed by atoms with Crippen LogP contribution in [0.25, 0.3) is 22.4 Å². The number of aromatic nitrogens is 3. The van der Waals surface area contributed by atoms with Gasteiger partial charge >= 0.3 is 0 Å². The first-order valence-electron chi connectivity index (χ1n) is 7.13. The average Bonchev–Trinajstić information content (AvgIpc) is 3.16. The molecule has 106 valence electrons. The zero-order valence-electron chi connectivity index (χ0n) is 11.8. The van der Waals surface area contributed by atoms with E-state index >= 15 is 0 Å². The first-order chi connectivity index (χ1) is 10.2. The van der Waals surface area contributed by atoms with Crippen LogP contribution in [0, 0.1) is 6.92 Å². The Morgan fingerprint density at radius 1 is 1.24 bits per heavy atom. The lowest BCUT2D eigenvalue weighted by molar-refractivity contribution is 0.347. The molecular formula is C16H16N4O. The zero-order chi connectivity index (χ0) is 14.4. The summed E-state index contributed by atoms with van der Waals surface area (Å²) in [5.74, 6) is 1.19. The van der Waals surface area contributed by atoms with Crippen LogP contribution in [-0.2, 0) is 5.41 Å². The van der Waals surface area contributed by atoms with Crippen molar-refractivity contribution in [1.82, 2.24) is 15.1 Å². The van der Waals surface area contributed by atoms with Gasteiger partial charge in [-0.25, -0.2) is 4.98 Å². The van der Waals surface area contributed by atoms with Crippen molar-refractivity contribution in [1.29, 1.82) is 0 Å². The third kappa shape index (κ3) is 1.93. The van der Waals surface area contributed by atoms with Gasteiger partial charge in [0.1, 0.15) is 5.69 Å². The molecule has 2 aromatic heterocycles. The first-order valence-corrected chi connectivity index (χ1v) is 7.13. The lowest BCUT2D eigenvalue weighted by atomic mass is 10.1. The molecule has 21 heavy (non-hydrogen) atoms. The Labute approximate surface area is 122 Å². The molecule has 0 spiro atoms. The highest BCUT2D eigenvalue weighted by Gasteiger charge is 2.48. The molecule has 0 atom stereocenters. The normalized spacial score (nSPS) is 16.3. The van der Waals surface area contributed by atoms with Gasteiger partial charge in [0.25, 0.3) is 0 Å². The monoisotopic (exact) mass is 280 g/mol. The second kappa shape index (κ2) is 4.36. The van der Waals surface area contributed by atoms with Crippen molar-refractivity contribution in [3.8, 4) is 11.5 Å². The molecular weight excluding hydrogens is 264 g/mol. The Bertz CT molecular complexity index is 820. The van der Waals surface area contributed by atoms with E-state index in [4.69, 9.17) is 10.3 Å². The molecule has 3 aromatic rings. The summed E-state index contributed by atoms with van der Waals surface area (Å²) in [7, 11) is 0. The van der Waals surface area contributed by atoms with Gasteiger partial charge in [0.05, 0.1) is 10.9 Å². The fourth-order valence-corrected chi connectivity index (χ4v) is 2.66. The van der Waals surface area contributed by atoms with Crippen molar-refractivity contribution in [2.75, 3.05) is 6.54 Å². The predicted molar refractivity (Wildman–Crippen MR) is 79.7 cm³/mol. The van der Waals surface area contributed by atoms with Crippen molar-refractivity contribution in [3.05, 3.63) is 41.8 Å². The Kier molecular flexibility index (Phi) is 2.59. The Balaban J connectivity index is 1.80. The number of nitrogens with two attached hydrogens (primary N) is 1. The van der Waals surface area contributed by atoms with Crippen LogP contribution >= 0.6 is 0 Å². The maximum Gasteiger partial charge on any atom is 0.234 e. The van der Waals surface area contributed by atoms with Crippen LogP contribution in [0.5, 0.6) is 0 Å². The summed E-state index contributed by atoms with van der Waals surface area (Å²) in [6.45, 7) is 2.62. The summed E-state index contributed by atoms with van der Waals surface area (Å²) < 4.78 is 5.41. The molecule has 2 N–H and O–H groups in total. The molecule has 1 aromatic carbocycles. The Hall–Kier alpha value is -2.27. The molecule has 5 heteroatoms. The number of rotatable bonds is 3. The smallest absolute Gasteiger partial charge is 0.234 e. The van der Waals surface area contributed by atoms with Crippen LogP contribution in [-0.4, -0.2) is 21.7 Å². The van der Waals surface area contributed by atoms with E-state index in [0.717, 1.165) is 35.0 Å². The quantitative estimate of drug-likeness (QED) is 0.797. The van der Waals surface area contributed by atoms with E-state index in [1.54, 1.807) is 0 Å². The number of para-hydroxylation sites is 1. The summed E-state index contributed by atoms with van der Waals surface area (Å²) in [6.07, 6.45) is 2.05. The number of hydrogen-bond donors (Lipinski definition) is 1. The highest BCUT2D eigenvalue weighted by Crippen LogP contribution is 2.46. The van der Waals surface area contributed by atoms with Crippen LogP contribution < -0.4 is 5.73 Å². The second-order valence-corrected chi connectivity index (χ2v) is 5.75. The van der Waals surface area contributed by atoms with E-state index in [-0.39, 0.29) is 5.41 Å². The molecule has 0 amide bonds. The predicted octanol–water partition coefficient (Wildman–Crippen LogP) is 2.58. The maximum atomic E-state index is 5.80. The van der Waals surface area contributed by atoms with Crippen LogP contribution in [0.2, 0.25) is 0 Å². The fourth-order valence-electron chi connectivity index (χ4n) is 2.66. The van der Waals surface area contributed by atoms with Gasteiger partial charge in [-0.05, 0) is 37.5 Å². The highest BCUT2D eigenvalue weighted by molar-refractivity contribution is 5.84. The SMILES string of the molecule is Cc1cc(-c2noc(C3(CN)CC3)n2)nc2ccccc12. The lowest BCUT2D eigenvalue weighted by Gasteiger charge is -2.04. The van der Waals surface area contributed by atoms with E-state index < -0.39 is 0 Å². The highest BCUT2D eigenvalue weighted by atomic mass is 16.5. The van der Waals surface area contributed by atoms with E-state index in [1.165, 1.54) is 0 Å². The summed E-state index contributed by atoms with van der Waals surface area (Å²) in [5.41, 5.74) is 8.56. The van der Waals surface area contributed by atoms with E-state index in [1.807, 2.05) is 24.3 Å². The van der Waals surface area contributed by atoms with E-state index in [9.17, 15) is 0 Å². The largest absolute Gasteiger partial charge is 0.338 e. The minimum Gasteiger partial charge on any atom is -0.338 e. The Morgan fingerprint density at radius 3 is 2.81 bits per heavy atom. The first kappa shape index (κ1) is 12.5. The number of pyridine rings is 1. The van der Waals surface area contributed by atoms with Crippen molar-refractivity contribution >= 4 is 10.9 Å².